The fraction of sp³-hybridized carbons (Fsp3) is 0.286. The molecule has 0 aliphatic heterocycles. The van der Waals surface area contributed by atoms with Crippen molar-refractivity contribution >= 4 is 10.8 Å². The Kier molecular flexibility index (Phi) is 3.41. The van der Waals surface area contributed by atoms with E-state index >= 15 is 0 Å². The van der Waals surface area contributed by atoms with Crippen molar-refractivity contribution in [3.63, 3.8) is 0 Å². The highest BCUT2D eigenvalue weighted by Crippen LogP contribution is 2.29. The summed E-state index contributed by atoms with van der Waals surface area (Å²) in [7, 11) is 0. The second kappa shape index (κ2) is 4.82. The predicted octanol–water partition coefficient (Wildman–Crippen LogP) is 3.14. The molecule has 0 radical (unpaired) electrons. The van der Waals surface area contributed by atoms with E-state index in [1.165, 1.54) is 6.07 Å². The second-order valence-corrected chi connectivity index (χ2v) is 4.57. The van der Waals surface area contributed by atoms with E-state index in [-0.39, 0.29) is 11.9 Å². The van der Waals surface area contributed by atoms with Crippen LogP contribution in [0.4, 0.5) is 4.39 Å². The summed E-state index contributed by atoms with van der Waals surface area (Å²) in [6.45, 7) is 4.17. The Balaban J connectivity index is 2.66. The second-order valence-electron chi connectivity index (χ2n) is 4.57. The van der Waals surface area contributed by atoms with E-state index in [0.717, 1.165) is 10.9 Å². The first kappa shape index (κ1) is 12.0. The minimum absolute atomic E-state index is 0.0282. The van der Waals surface area contributed by atoms with Crippen molar-refractivity contribution in [1.29, 1.82) is 0 Å². The lowest BCUT2D eigenvalue weighted by atomic mass is 9.92. The smallest absolute Gasteiger partial charge is 0.131 e. The SMILES string of the molecule is CC(C)C(NN)c1ccc(F)c2ccccc12. The van der Waals surface area contributed by atoms with Gasteiger partial charge in [-0.15, -0.1) is 0 Å². The van der Waals surface area contributed by atoms with E-state index in [2.05, 4.69) is 19.3 Å². The number of hydrazine groups is 1. The van der Waals surface area contributed by atoms with Gasteiger partial charge in [-0.25, -0.2) is 4.39 Å². The van der Waals surface area contributed by atoms with E-state index in [4.69, 9.17) is 5.84 Å². The predicted molar refractivity (Wildman–Crippen MR) is 68.8 cm³/mol. The van der Waals surface area contributed by atoms with Gasteiger partial charge < -0.3 is 0 Å². The highest BCUT2D eigenvalue weighted by Gasteiger charge is 2.17. The molecule has 0 amide bonds. The van der Waals surface area contributed by atoms with E-state index in [1.54, 1.807) is 6.07 Å². The van der Waals surface area contributed by atoms with Crippen molar-refractivity contribution in [2.24, 2.45) is 11.8 Å². The van der Waals surface area contributed by atoms with Crippen LogP contribution in [0.3, 0.4) is 0 Å². The molecule has 0 aromatic heterocycles. The Morgan fingerprint density at radius 2 is 1.71 bits per heavy atom. The highest BCUT2D eigenvalue weighted by molar-refractivity contribution is 5.86. The first-order valence-electron chi connectivity index (χ1n) is 5.78. The van der Waals surface area contributed by atoms with Gasteiger partial charge in [-0.05, 0) is 22.9 Å². The minimum atomic E-state index is -0.191. The van der Waals surface area contributed by atoms with Crippen molar-refractivity contribution in [3.8, 4) is 0 Å². The standard InChI is InChI=1S/C14H17FN2/c1-9(2)14(17-16)12-7-8-13(15)11-6-4-3-5-10(11)12/h3-9,14,17H,16H2,1-2H3. The normalized spacial score (nSPS) is 13.2. The minimum Gasteiger partial charge on any atom is -0.271 e. The monoisotopic (exact) mass is 232 g/mol. The molecule has 0 saturated heterocycles. The molecule has 2 rings (SSSR count). The summed E-state index contributed by atoms with van der Waals surface area (Å²) in [5, 5.41) is 1.56. The summed E-state index contributed by atoms with van der Waals surface area (Å²) in [5.41, 5.74) is 3.85. The highest BCUT2D eigenvalue weighted by atomic mass is 19.1. The maximum absolute atomic E-state index is 13.7. The van der Waals surface area contributed by atoms with E-state index in [9.17, 15) is 4.39 Å². The molecule has 17 heavy (non-hydrogen) atoms. The molecule has 3 heteroatoms. The van der Waals surface area contributed by atoms with Gasteiger partial charge in [0.15, 0.2) is 0 Å². The zero-order valence-electron chi connectivity index (χ0n) is 10.1. The quantitative estimate of drug-likeness (QED) is 0.630. The van der Waals surface area contributed by atoms with Crippen molar-refractivity contribution in [2.75, 3.05) is 0 Å². The van der Waals surface area contributed by atoms with Gasteiger partial charge in [0.2, 0.25) is 0 Å². The van der Waals surface area contributed by atoms with Crippen LogP contribution in [0, 0.1) is 11.7 Å². The molecule has 0 aliphatic carbocycles. The molecule has 0 fully saturated rings. The summed E-state index contributed by atoms with van der Waals surface area (Å²) < 4.78 is 13.7. The van der Waals surface area contributed by atoms with Crippen LogP contribution in [0.2, 0.25) is 0 Å². The van der Waals surface area contributed by atoms with Gasteiger partial charge in [0.25, 0.3) is 0 Å². The molecule has 1 atom stereocenters. The van der Waals surface area contributed by atoms with Gasteiger partial charge in [0.05, 0.1) is 0 Å². The molecule has 0 spiro atoms. The maximum atomic E-state index is 13.7. The largest absolute Gasteiger partial charge is 0.271 e. The average Bonchev–Trinajstić information content (AvgIpc) is 2.33. The molecule has 2 nitrogen and oxygen atoms in total. The van der Waals surface area contributed by atoms with Gasteiger partial charge in [-0.3, -0.25) is 11.3 Å². The van der Waals surface area contributed by atoms with Crippen molar-refractivity contribution in [2.45, 2.75) is 19.9 Å². The molecule has 90 valence electrons. The summed E-state index contributed by atoms with van der Waals surface area (Å²) in [4.78, 5) is 0. The summed E-state index contributed by atoms with van der Waals surface area (Å²) >= 11 is 0. The van der Waals surface area contributed by atoms with Gasteiger partial charge in [0.1, 0.15) is 5.82 Å². The van der Waals surface area contributed by atoms with Crippen LogP contribution < -0.4 is 11.3 Å². The van der Waals surface area contributed by atoms with Crippen LogP contribution in [-0.4, -0.2) is 0 Å². The lowest BCUT2D eigenvalue weighted by molar-refractivity contribution is 0.423. The van der Waals surface area contributed by atoms with Crippen LogP contribution >= 0.6 is 0 Å². The van der Waals surface area contributed by atoms with Gasteiger partial charge in [-0.2, -0.15) is 0 Å². The number of hydrogen-bond acceptors (Lipinski definition) is 2. The Morgan fingerprint density at radius 3 is 2.29 bits per heavy atom. The lowest BCUT2D eigenvalue weighted by Crippen LogP contribution is -2.31. The van der Waals surface area contributed by atoms with E-state index < -0.39 is 0 Å². The van der Waals surface area contributed by atoms with E-state index in [1.807, 2.05) is 24.3 Å². The Labute approximate surface area is 101 Å². The van der Waals surface area contributed by atoms with E-state index in [0.29, 0.717) is 11.3 Å². The van der Waals surface area contributed by atoms with Crippen LogP contribution in [-0.2, 0) is 0 Å². The number of nitrogens with one attached hydrogen (secondary N) is 1. The third-order valence-electron chi connectivity index (χ3n) is 3.09. The molecule has 0 aliphatic rings. The topological polar surface area (TPSA) is 38.0 Å². The molecular formula is C14H17FN2. The first-order valence-corrected chi connectivity index (χ1v) is 5.78. The first-order chi connectivity index (χ1) is 8.15. The number of halogens is 1. The molecule has 0 saturated carbocycles. The van der Waals surface area contributed by atoms with Crippen LogP contribution in [0.1, 0.15) is 25.5 Å². The van der Waals surface area contributed by atoms with Crippen molar-refractivity contribution < 1.29 is 4.39 Å². The van der Waals surface area contributed by atoms with Gasteiger partial charge in [0, 0.05) is 11.4 Å². The molecule has 3 N–H and O–H groups in total. The molecule has 1 unspecified atom stereocenters. The Morgan fingerprint density at radius 1 is 1.06 bits per heavy atom. The Bertz CT molecular complexity index is 523. The lowest BCUT2D eigenvalue weighted by Gasteiger charge is -2.22. The van der Waals surface area contributed by atoms with Crippen LogP contribution in [0.5, 0.6) is 0 Å². The zero-order chi connectivity index (χ0) is 12.4. The molecule has 0 bridgehead atoms. The van der Waals surface area contributed by atoms with Gasteiger partial charge >= 0.3 is 0 Å². The number of fused-ring (bicyclic) bond motifs is 1. The molecule has 2 aromatic rings. The molecule has 2 aromatic carbocycles. The number of nitrogens with two attached hydrogens (primary N) is 1. The summed E-state index contributed by atoms with van der Waals surface area (Å²) in [6.07, 6.45) is 0. The van der Waals surface area contributed by atoms with Gasteiger partial charge in [-0.1, -0.05) is 44.2 Å². The number of rotatable bonds is 3. The van der Waals surface area contributed by atoms with Crippen molar-refractivity contribution in [1.82, 2.24) is 5.43 Å². The molecular weight excluding hydrogens is 215 g/mol. The zero-order valence-corrected chi connectivity index (χ0v) is 10.1. The molecule has 0 heterocycles. The third kappa shape index (κ3) is 2.16. The van der Waals surface area contributed by atoms with Crippen LogP contribution in [0.15, 0.2) is 36.4 Å². The average molecular weight is 232 g/mol. The maximum Gasteiger partial charge on any atom is 0.131 e. The number of hydrogen-bond donors (Lipinski definition) is 2. The fourth-order valence-corrected chi connectivity index (χ4v) is 2.20. The van der Waals surface area contributed by atoms with Crippen LogP contribution in [0.25, 0.3) is 10.8 Å². The Hall–Kier alpha value is -1.45. The summed E-state index contributed by atoms with van der Waals surface area (Å²) in [6, 6.07) is 10.8. The van der Waals surface area contributed by atoms with Crippen molar-refractivity contribution in [3.05, 3.63) is 47.8 Å². The fourth-order valence-electron chi connectivity index (χ4n) is 2.20. The third-order valence-corrected chi connectivity index (χ3v) is 3.09. The summed E-state index contributed by atoms with van der Waals surface area (Å²) in [5.74, 6) is 5.74. The number of benzene rings is 2.